The molecule has 0 saturated carbocycles. The fourth-order valence-electron chi connectivity index (χ4n) is 3.09. The van der Waals surface area contributed by atoms with Crippen LogP contribution in [0, 0.1) is 6.92 Å². The highest BCUT2D eigenvalue weighted by atomic mass is 32.2. The molecule has 0 bridgehead atoms. The Kier molecular flexibility index (Phi) is 7.98. The molecule has 1 N–H and O–H groups in total. The van der Waals surface area contributed by atoms with Crippen molar-refractivity contribution in [3.05, 3.63) is 76.3 Å². The van der Waals surface area contributed by atoms with Crippen LogP contribution in [0.1, 0.15) is 26.5 Å². The number of nitrogens with zero attached hydrogens (tertiary/aromatic N) is 2. The lowest BCUT2D eigenvalue weighted by Gasteiger charge is -2.22. The van der Waals surface area contributed by atoms with Gasteiger partial charge in [0.05, 0.1) is 6.26 Å². The molecule has 0 atom stereocenters. The summed E-state index contributed by atoms with van der Waals surface area (Å²) in [5, 5.41) is 0.577. The Morgan fingerprint density at radius 3 is 2.39 bits per heavy atom. The van der Waals surface area contributed by atoms with E-state index in [1.165, 1.54) is 23.5 Å². The van der Waals surface area contributed by atoms with Gasteiger partial charge in [-0.15, -0.1) is 11.3 Å². The van der Waals surface area contributed by atoms with Gasteiger partial charge in [-0.25, -0.2) is 18.1 Å². The van der Waals surface area contributed by atoms with E-state index in [0.29, 0.717) is 29.5 Å². The second-order valence-corrected chi connectivity index (χ2v) is 10.2. The minimum Gasteiger partial charge on any atom is -0.435 e. The Morgan fingerprint density at radius 2 is 1.79 bits per heavy atom. The van der Waals surface area contributed by atoms with Gasteiger partial charge in [0.15, 0.2) is 5.13 Å². The van der Waals surface area contributed by atoms with E-state index in [4.69, 9.17) is 0 Å². The fourth-order valence-corrected chi connectivity index (χ4v) is 4.46. The van der Waals surface area contributed by atoms with E-state index in [0.717, 1.165) is 17.4 Å². The number of nitrogens with one attached hydrogen (secondary N) is 1. The largest absolute Gasteiger partial charge is 0.435 e. The molecule has 3 rings (SSSR count). The van der Waals surface area contributed by atoms with Crippen molar-refractivity contribution in [3.8, 4) is 5.75 Å². The molecule has 11 heteroatoms. The number of anilines is 1. The van der Waals surface area contributed by atoms with Crippen molar-refractivity contribution >= 4 is 32.4 Å². The van der Waals surface area contributed by atoms with Crippen LogP contribution in [0.25, 0.3) is 0 Å². The maximum Gasteiger partial charge on any atom is 0.387 e. The van der Waals surface area contributed by atoms with Crippen LogP contribution < -0.4 is 14.4 Å². The summed E-state index contributed by atoms with van der Waals surface area (Å²) in [4.78, 5) is 19.3. The summed E-state index contributed by atoms with van der Waals surface area (Å²) < 4.78 is 53.9. The quantitative estimate of drug-likeness (QED) is 0.458. The Morgan fingerprint density at radius 1 is 1.12 bits per heavy atom. The Bertz CT molecular complexity index is 1180. The summed E-state index contributed by atoms with van der Waals surface area (Å²) in [6.07, 6.45) is 1.50. The van der Waals surface area contributed by atoms with E-state index >= 15 is 0 Å². The molecule has 0 unspecified atom stereocenters. The van der Waals surface area contributed by atoms with Gasteiger partial charge in [0.1, 0.15) is 11.4 Å². The SMILES string of the molecule is Cc1sc(N(CCc2ccc(OC(F)F)cc2)Cc2ccccc2)nc1C(=O)NS(C)(=O)=O. The molecule has 3 aromatic rings. The highest BCUT2D eigenvalue weighted by Crippen LogP contribution is 2.28. The van der Waals surface area contributed by atoms with Crippen LogP contribution in [-0.4, -0.2) is 38.7 Å². The van der Waals surface area contributed by atoms with E-state index in [1.54, 1.807) is 19.1 Å². The number of aromatic nitrogens is 1. The van der Waals surface area contributed by atoms with Crippen LogP contribution in [0.5, 0.6) is 5.75 Å². The Labute approximate surface area is 195 Å². The molecule has 2 aromatic carbocycles. The van der Waals surface area contributed by atoms with Gasteiger partial charge in [0.25, 0.3) is 5.91 Å². The maximum absolute atomic E-state index is 12.4. The lowest BCUT2D eigenvalue weighted by Crippen LogP contribution is -2.30. The zero-order chi connectivity index (χ0) is 24.0. The molecular weight excluding hydrogens is 472 g/mol. The van der Waals surface area contributed by atoms with Crippen molar-refractivity contribution in [2.45, 2.75) is 26.5 Å². The summed E-state index contributed by atoms with van der Waals surface area (Å²) in [6.45, 7) is -0.113. The minimum absolute atomic E-state index is 0.0620. The average molecular weight is 496 g/mol. The van der Waals surface area contributed by atoms with Crippen LogP contribution in [-0.2, 0) is 23.0 Å². The number of hydrogen-bond donors (Lipinski definition) is 1. The van der Waals surface area contributed by atoms with Crippen molar-refractivity contribution in [2.24, 2.45) is 0 Å². The van der Waals surface area contributed by atoms with Crippen molar-refractivity contribution in [2.75, 3.05) is 17.7 Å². The van der Waals surface area contributed by atoms with Gasteiger partial charge in [-0.3, -0.25) is 4.79 Å². The maximum atomic E-state index is 12.4. The first-order valence-corrected chi connectivity index (χ1v) is 12.6. The highest BCUT2D eigenvalue weighted by molar-refractivity contribution is 7.89. The molecule has 0 aliphatic rings. The van der Waals surface area contributed by atoms with Gasteiger partial charge >= 0.3 is 6.61 Å². The van der Waals surface area contributed by atoms with Crippen molar-refractivity contribution in [1.29, 1.82) is 0 Å². The van der Waals surface area contributed by atoms with Crippen molar-refractivity contribution in [3.63, 3.8) is 0 Å². The molecule has 0 fully saturated rings. The lowest BCUT2D eigenvalue weighted by atomic mass is 10.1. The lowest BCUT2D eigenvalue weighted by molar-refractivity contribution is -0.0498. The van der Waals surface area contributed by atoms with Crippen LogP contribution in [0.3, 0.4) is 0 Å². The molecule has 0 aliphatic heterocycles. The second kappa shape index (κ2) is 10.7. The number of carbonyl (C=O) groups excluding carboxylic acids is 1. The molecule has 33 heavy (non-hydrogen) atoms. The van der Waals surface area contributed by atoms with Crippen molar-refractivity contribution < 1.29 is 26.7 Å². The van der Waals surface area contributed by atoms with Gasteiger partial charge < -0.3 is 9.64 Å². The smallest absolute Gasteiger partial charge is 0.387 e. The molecule has 0 aliphatic carbocycles. The first kappa shape index (κ1) is 24.6. The normalized spacial score (nSPS) is 11.4. The van der Waals surface area contributed by atoms with Gasteiger partial charge in [-0.05, 0) is 36.6 Å². The van der Waals surface area contributed by atoms with Gasteiger partial charge in [-0.1, -0.05) is 42.5 Å². The Balaban J connectivity index is 1.80. The Hall–Kier alpha value is -3.05. The van der Waals surface area contributed by atoms with E-state index in [2.05, 4.69) is 9.72 Å². The third kappa shape index (κ3) is 7.50. The highest BCUT2D eigenvalue weighted by Gasteiger charge is 2.21. The van der Waals surface area contributed by atoms with Crippen LogP contribution in [0.4, 0.5) is 13.9 Å². The topological polar surface area (TPSA) is 88.6 Å². The first-order chi connectivity index (χ1) is 15.6. The third-order valence-electron chi connectivity index (χ3n) is 4.58. The monoisotopic (exact) mass is 495 g/mol. The summed E-state index contributed by atoms with van der Waals surface area (Å²) in [5.74, 6) is -0.682. The van der Waals surface area contributed by atoms with Crippen LogP contribution in [0.2, 0.25) is 0 Å². The van der Waals surface area contributed by atoms with E-state index < -0.39 is 22.5 Å². The number of aryl methyl sites for hydroxylation is 1. The molecule has 1 heterocycles. The number of thiazole rings is 1. The third-order valence-corrected chi connectivity index (χ3v) is 6.17. The summed E-state index contributed by atoms with van der Waals surface area (Å²) in [6, 6.07) is 16.1. The predicted molar refractivity (Wildman–Crippen MR) is 123 cm³/mol. The van der Waals surface area contributed by atoms with Gasteiger partial charge in [-0.2, -0.15) is 8.78 Å². The molecule has 7 nitrogen and oxygen atoms in total. The van der Waals surface area contributed by atoms with E-state index in [9.17, 15) is 22.0 Å². The van der Waals surface area contributed by atoms with Crippen molar-refractivity contribution in [1.82, 2.24) is 9.71 Å². The molecule has 0 radical (unpaired) electrons. The summed E-state index contributed by atoms with van der Waals surface area (Å²) >= 11 is 1.30. The van der Waals surface area contributed by atoms with Gasteiger partial charge in [0, 0.05) is 18.0 Å². The molecule has 1 amide bonds. The summed E-state index contributed by atoms with van der Waals surface area (Å²) in [5.41, 5.74) is 2.01. The van der Waals surface area contributed by atoms with E-state index in [1.807, 2.05) is 40.0 Å². The van der Waals surface area contributed by atoms with Gasteiger partial charge in [0.2, 0.25) is 10.0 Å². The summed E-state index contributed by atoms with van der Waals surface area (Å²) in [7, 11) is -3.71. The number of amides is 1. The number of ether oxygens (including phenoxy) is 1. The number of carbonyl (C=O) groups is 1. The van der Waals surface area contributed by atoms with Crippen LogP contribution in [0.15, 0.2) is 54.6 Å². The molecule has 176 valence electrons. The molecule has 0 spiro atoms. The zero-order valence-electron chi connectivity index (χ0n) is 18.0. The zero-order valence-corrected chi connectivity index (χ0v) is 19.6. The van der Waals surface area contributed by atoms with Crippen LogP contribution >= 0.6 is 11.3 Å². The number of sulfonamides is 1. The number of halogens is 2. The number of benzene rings is 2. The fraction of sp³-hybridized carbons (Fsp3) is 0.273. The average Bonchev–Trinajstić information content (AvgIpc) is 3.13. The molecule has 1 aromatic heterocycles. The number of hydrogen-bond acceptors (Lipinski definition) is 7. The second-order valence-electron chi connectivity index (χ2n) is 7.28. The standard InChI is InChI=1S/C22H23F2N3O4S2/c1-15-19(20(28)26-33(2,29)30)25-22(32-15)27(14-17-6-4-3-5-7-17)13-12-16-8-10-18(11-9-16)31-21(23)24/h3-11,21H,12-14H2,1-2H3,(H,26,28). The minimum atomic E-state index is -3.71. The number of rotatable bonds is 10. The predicted octanol–water partition coefficient (Wildman–Crippen LogP) is 3.99. The van der Waals surface area contributed by atoms with E-state index in [-0.39, 0.29) is 11.4 Å². The first-order valence-electron chi connectivity index (χ1n) is 9.93. The molecular formula is C22H23F2N3O4S2. The molecule has 0 saturated heterocycles. The number of alkyl halides is 2.